The molecule has 1 atom stereocenters. The third-order valence-electron chi connectivity index (χ3n) is 3.67. The van der Waals surface area contributed by atoms with E-state index in [1.165, 1.54) is 12.8 Å². The maximum atomic E-state index is 11.9. The molecule has 1 aliphatic carbocycles. The first-order valence-electron chi connectivity index (χ1n) is 6.94. The zero-order valence-corrected chi connectivity index (χ0v) is 11.5. The van der Waals surface area contributed by atoms with Crippen LogP contribution in [0.4, 0.5) is 4.79 Å². The van der Waals surface area contributed by atoms with Crippen LogP contribution in [0, 0.1) is 0 Å². The Labute approximate surface area is 113 Å². The maximum Gasteiger partial charge on any atom is 0.332 e. The lowest BCUT2D eigenvalue weighted by Crippen LogP contribution is -2.44. The summed E-state index contributed by atoms with van der Waals surface area (Å²) in [7, 11) is 1.78. The van der Waals surface area contributed by atoms with Gasteiger partial charge in [-0.15, -0.1) is 0 Å². The van der Waals surface area contributed by atoms with Crippen LogP contribution in [0.25, 0.3) is 0 Å². The molecule has 0 heterocycles. The average Bonchev–Trinajstić information content (AvgIpc) is 2.66. The second-order valence-electron chi connectivity index (χ2n) is 5.13. The number of carboxylic acid groups (broad SMARTS) is 1. The minimum absolute atomic E-state index is 0.0274. The van der Waals surface area contributed by atoms with E-state index < -0.39 is 12.1 Å². The number of amides is 2. The monoisotopic (exact) mass is 272 g/mol. The van der Waals surface area contributed by atoms with Crippen LogP contribution in [0.15, 0.2) is 0 Å². The Morgan fingerprint density at radius 3 is 2.37 bits per heavy atom. The number of rotatable bonds is 5. The second-order valence-corrected chi connectivity index (χ2v) is 5.13. The zero-order chi connectivity index (χ0) is 14.3. The highest BCUT2D eigenvalue weighted by Gasteiger charge is 2.21. The molecule has 0 aliphatic heterocycles. The van der Waals surface area contributed by atoms with Crippen LogP contribution in [0.2, 0.25) is 0 Å². The van der Waals surface area contributed by atoms with Crippen molar-refractivity contribution in [2.24, 2.45) is 0 Å². The van der Waals surface area contributed by atoms with Crippen LogP contribution in [-0.4, -0.2) is 52.9 Å². The number of aliphatic hydroxyl groups excluding tert-OH is 1. The van der Waals surface area contributed by atoms with Crippen molar-refractivity contribution < 1.29 is 19.8 Å². The normalized spacial score (nSPS) is 18.4. The first-order chi connectivity index (χ1) is 9.02. The molecule has 19 heavy (non-hydrogen) atoms. The molecule has 6 heteroatoms. The van der Waals surface area contributed by atoms with Gasteiger partial charge in [-0.2, -0.15) is 0 Å². The Kier molecular flexibility index (Phi) is 6.62. The van der Waals surface area contributed by atoms with Gasteiger partial charge >= 0.3 is 12.0 Å². The predicted molar refractivity (Wildman–Crippen MR) is 70.9 cm³/mol. The minimum Gasteiger partial charge on any atom is -0.479 e. The molecule has 0 saturated heterocycles. The number of carbonyl (C=O) groups is 2. The van der Waals surface area contributed by atoms with Crippen LogP contribution in [0.1, 0.15) is 44.9 Å². The summed E-state index contributed by atoms with van der Waals surface area (Å²) in [6, 6.07) is 0.0800. The summed E-state index contributed by atoms with van der Waals surface area (Å²) >= 11 is 0. The molecule has 1 rings (SSSR count). The largest absolute Gasteiger partial charge is 0.479 e. The van der Waals surface area contributed by atoms with Gasteiger partial charge in [0.15, 0.2) is 6.10 Å². The van der Waals surface area contributed by atoms with E-state index in [1.807, 2.05) is 0 Å². The van der Waals surface area contributed by atoms with E-state index in [1.54, 1.807) is 11.9 Å². The summed E-state index contributed by atoms with van der Waals surface area (Å²) in [5, 5.41) is 20.3. The summed E-state index contributed by atoms with van der Waals surface area (Å²) in [6.07, 6.45) is 5.44. The van der Waals surface area contributed by atoms with Gasteiger partial charge in [0.05, 0.1) is 0 Å². The predicted octanol–water partition coefficient (Wildman–Crippen LogP) is 1.19. The van der Waals surface area contributed by atoms with Crippen LogP contribution in [0.5, 0.6) is 0 Å². The van der Waals surface area contributed by atoms with E-state index in [0.717, 1.165) is 25.7 Å². The maximum absolute atomic E-state index is 11.9. The number of aliphatic carboxylic acids is 1. The van der Waals surface area contributed by atoms with Crippen molar-refractivity contribution >= 4 is 12.0 Å². The number of carboxylic acids is 1. The molecule has 1 fully saturated rings. The zero-order valence-electron chi connectivity index (χ0n) is 11.5. The highest BCUT2D eigenvalue weighted by Crippen LogP contribution is 2.20. The number of nitrogens with one attached hydrogen (secondary N) is 1. The number of urea groups is 1. The van der Waals surface area contributed by atoms with Crippen LogP contribution in [-0.2, 0) is 4.79 Å². The molecule has 110 valence electrons. The molecule has 1 aliphatic rings. The van der Waals surface area contributed by atoms with Crippen molar-refractivity contribution in [3.05, 3.63) is 0 Å². The Morgan fingerprint density at radius 1 is 1.26 bits per heavy atom. The number of carbonyl (C=O) groups excluding carboxylic acids is 1. The van der Waals surface area contributed by atoms with Crippen molar-refractivity contribution in [1.82, 2.24) is 10.2 Å². The van der Waals surface area contributed by atoms with Crippen molar-refractivity contribution in [1.29, 1.82) is 0 Å². The van der Waals surface area contributed by atoms with E-state index in [2.05, 4.69) is 5.32 Å². The number of nitrogens with zero attached hydrogens (tertiary/aromatic N) is 1. The van der Waals surface area contributed by atoms with Crippen LogP contribution >= 0.6 is 0 Å². The molecule has 0 bridgehead atoms. The van der Waals surface area contributed by atoms with Gasteiger partial charge in [-0.25, -0.2) is 9.59 Å². The summed E-state index contributed by atoms with van der Waals surface area (Å²) in [5.74, 6) is -1.26. The molecule has 1 unspecified atom stereocenters. The first-order valence-corrected chi connectivity index (χ1v) is 6.94. The Hall–Kier alpha value is -1.30. The fraction of sp³-hybridized carbons (Fsp3) is 0.846. The summed E-state index contributed by atoms with van der Waals surface area (Å²) in [6.45, 7) is 0.170. The topological polar surface area (TPSA) is 89.9 Å². The highest BCUT2D eigenvalue weighted by molar-refractivity contribution is 5.74. The SMILES string of the molecule is CN(C(=O)NCCC(O)C(=O)O)C1CCCCCC1. The Balaban J connectivity index is 2.29. The van der Waals surface area contributed by atoms with Gasteiger partial charge in [-0.3, -0.25) is 0 Å². The quantitative estimate of drug-likeness (QED) is 0.656. The lowest BCUT2D eigenvalue weighted by atomic mass is 10.1. The van der Waals surface area contributed by atoms with Crippen molar-refractivity contribution in [2.45, 2.75) is 57.1 Å². The Bertz CT molecular complexity index is 301. The fourth-order valence-corrected chi connectivity index (χ4v) is 2.37. The molecule has 0 aromatic carbocycles. The molecule has 0 aromatic heterocycles. The van der Waals surface area contributed by atoms with Crippen LogP contribution in [0.3, 0.4) is 0 Å². The van der Waals surface area contributed by atoms with E-state index in [9.17, 15) is 9.59 Å². The van der Waals surface area contributed by atoms with E-state index in [4.69, 9.17) is 10.2 Å². The third-order valence-corrected chi connectivity index (χ3v) is 3.67. The van der Waals surface area contributed by atoms with Gasteiger partial charge in [0.25, 0.3) is 0 Å². The standard InChI is InChI=1S/C13H24N2O4/c1-15(10-6-4-2-3-5-7-10)13(19)14-9-8-11(16)12(17)18/h10-11,16H,2-9H2,1H3,(H,14,19)(H,17,18). The highest BCUT2D eigenvalue weighted by atomic mass is 16.4. The Morgan fingerprint density at radius 2 is 1.84 bits per heavy atom. The molecule has 3 N–H and O–H groups in total. The first kappa shape index (κ1) is 15.8. The van der Waals surface area contributed by atoms with Gasteiger partial charge in [0.1, 0.15) is 0 Å². The summed E-state index contributed by atoms with van der Waals surface area (Å²) in [4.78, 5) is 24.0. The second kappa shape index (κ2) is 7.99. The molecular weight excluding hydrogens is 248 g/mol. The summed E-state index contributed by atoms with van der Waals surface area (Å²) in [5.41, 5.74) is 0. The van der Waals surface area contributed by atoms with E-state index >= 15 is 0 Å². The van der Waals surface area contributed by atoms with Crippen molar-refractivity contribution in [3.63, 3.8) is 0 Å². The van der Waals surface area contributed by atoms with Gasteiger partial charge in [-0.05, 0) is 12.8 Å². The van der Waals surface area contributed by atoms with Crippen molar-refractivity contribution in [3.8, 4) is 0 Å². The molecule has 0 spiro atoms. The molecule has 0 aromatic rings. The number of hydrogen-bond acceptors (Lipinski definition) is 3. The van der Waals surface area contributed by atoms with E-state index in [0.29, 0.717) is 0 Å². The minimum atomic E-state index is -1.41. The van der Waals surface area contributed by atoms with E-state index in [-0.39, 0.29) is 25.0 Å². The van der Waals surface area contributed by atoms with Gasteiger partial charge in [0, 0.05) is 26.1 Å². The van der Waals surface area contributed by atoms with Gasteiger partial charge < -0.3 is 20.4 Å². The number of aliphatic hydroxyl groups is 1. The average molecular weight is 272 g/mol. The van der Waals surface area contributed by atoms with Crippen LogP contribution < -0.4 is 5.32 Å². The van der Waals surface area contributed by atoms with Crippen molar-refractivity contribution in [2.75, 3.05) is 13.6 Å². The smallest absolute Gasteiger partial charge is 0.332 e. The molecule has 0 radical (unpaired) electrons. The number of hydrogen-bond donors (Lipinski definition) is 3. The third kappa shape index (κ3) is 5.46. The van der Waals surface area contributed by atoms with Gasteiger partial charge in [0.2, 0.25) is 0 Å². The lowest BCUT2D eigenvalue weighted by Gasteiger charge is -2.27. The fourth-order valence-electron chi connectivity index (χ4n) is 2.37. The molecule has 1 saturated carbocycles. The lowest BCUT2D eigenvalue weighted by molar-refractivity contribution is -0.146. The van der Waals surface area contributed by atoms with Gasteiger partial charge in [-0.1, -0.05) is 25.7 Å². The molecular formula is C13H24N2O4. The molecule has 2 amide bonds. The summed E-state index contributed by atoms with van der Waals surface area (Å²) < 4.78 is 0. The molecule has 6 nitrogen and oxygen atoms in total.